The molecule has 1 aliphatic rings. The van der Waals surface area contributed by atoms with Crippen molar-refractivity contribution in [1.29, 1.82) is 0 Å². The molecule has 0 radical (unpaired) electrons. The first-order valence-corrected chi connectivity index (χ1v) is 10.4. The molecule has 3 aromatic rings. The lowest BCUT2D eigenvalue weighted by molar-refractivity contribution is 0.122. The Morgan fingerprint density at radius 3 is 2.65 bits per heavy atom. The molecule has 1 saturated heterocycles. The van der Waals surface area contributed by atoms with Gasteiger partial charge in [0.1, 0.15) is 0 Å². The van der Waals surface area contributed by atoms with Crippen molar-refractivity contribution in [2.24, 2.45) is 0 Å². The zero-order valence-corrected chi connectivity index (χ0v) is 17.4. The summed E-state index contributed by atoms with van der Waals surface area (Å²) in [6, 6.07) is 12.2. The maximum Gasteiger partial charge on any atom is 0.330 e. The van der Waals surface area contributed by atoms with Gasteiger partial charge in [0, 0.05) is 31.8 Å². The molecule has 2 aromatic heterocycles. The molecular weight excluding hydrogens is 398 g/mol. The molecule has 0 amide bonds. The van der Waals surface area contributed by atoms with Gasteiger partial charge >= 0.3 is 6.01 Å². The zero-order valence-electron chi connectivity index (χ0n) is 17.4. The number of para-hydroxylation sites is 1. The van der Waals surface area contributed by atoms with Gasteiger partial charge in [-0.25, -0.2) is 0 Å². The number of aromatic nitrogens is 5. The fraction of sp³-hybridized carbons (Fsp3) is 0.381. The van der Waals surface area contributed by atoms with Crippen LogP contribution in [0, 0.1) is 0 Å². The monoisotopic (exact) mass is 423 g/mol. The summed E-state index contributed by atoms with van der Waals surface area (Å²) in [5.74, 6) is 1.17. The van der Waals surface area contributed by atoms with Crippen LogP contribution >= 0.6 is 0 Å². The first kappa shape index (κ1) is 20.7. The zero-order chi connectivity index (χ0) is 21.5. The molecule has 0 unspecified atom stereocenters. The molecule has 10 nitrogen and oxygen atoms in total. The third kappa shape index (κ3) is 5.34. The van der Waals surface area contributed by atoms with Crippen LogP contribution in [0.5, 0.6) is 11.9 Å². The molecule has 0 saturated carbocycles. The van der Waals surface area contributed by atoms with E-state index in [1.807, 2.05) is 23.1 Å². The lowest BCUT2D eigenvalue weighted by Gasteiger charge is -2.26. The number of hydrogen-bond acceptors (Lipinski definition) is 9. The Hall–Kier alpha value is -3.53. The average molecular weight is 423 g/mol. The fourth-order valence-corrected chi connectivity index (χ4v) is 3.05. The van der Waals surface area contributed by atoms with Gasteiger partial charge < -0.3 is 19.7 Å². The Labute approximate surface area is 179 Å². The summed E-state index contributed by atoms with van der Waals surface area (Å²) in [4.78, 5) is 27.7. The van der Waals surface area contributed by atoms with Crippen LogP contribution in [0.15, 0.2) is 47.3 Å². The van der Waals surface area contributed by atoms with E-state index in [-0.39, 0.29) is 17.4 Å². The number of anilines is 2. The molecule has 1 aliphatic heterocycles. The van der Waals surface area contributed by atoms with Gasteiger partial charge in [0.2, 0.25) is 17.8 Å². The number of hydrogen-bond donors (Lipinski definition) is 1. The van der Waals surface area contributed by atoms with E-state index in [2.05, 4.69) is 32.3 Å². The van der Waals surface area contributed by atoms with Crippen LogP contribution in [0.4, 0.5) is 11.9 Å². The third-order valence-electron chi connectivity index (χ3n) is 4.68. The van der Waals surface area contributed by atoms with Crippen molar-refractivity contribution in [2.75, 3.05) is 43.1 Å². The van der Waals surface area contributed by atoms with Crippen molar-refractivity contribution in [3.05, 3.63) is 52.8 Å². The lowest BCUT2D eigenvalue weighted by atomic mass is 10.3. The van der Waals surface area contributed by atoms with Crippen molar-refractivity contribution in [3.8, 4) is 17.6 Å². The van der Waals surface area contributed by atoms with E-state index < -0.39 is 0 Å². The van der Waals surface area contributed by atoms with Gasteiger partial charge in [-0.15, -0.1) is 5.10 Å². The summed E-state index contributed by atoms with van der Waals surface area (Å²) in [5.41, 5.74) is 0.384. The number of unbranched alkanes of at least 4 members (excludes halogenated alkanes) is 1. The highest BCUT2D eigenvalue weighted by atomic mass is 16.5. The average Bonchev–Trinajstić information content (AvgIpc) is 2.81. The quantitative estimate of drug-likeness (QED) is 0.546. The fourth-order valence-electron chi connectivity index (χ4n) is 3.05. The van der Waals surface area contributed by atoms with Gasteiger partial charge in [0.05, 0.1) is 18.9 Å². The first-order chi connectivity index (χ1) is 15.2. The predicted octanol–water partition coefficient (Wildman–Crippen LogP) is 2.26. The summed E-state index contributed by atoms with van der Waals surface area (Å²) in [7, 11) is 0. The van der Waals surface area contributed by atoms with E-state index in [1.165, 1.54) is 16.8 Å². The second kappa shape index (κ2) is 9.98. The number of ether oxygens (including phenoxy) is 2. The maximum atomic E-state index is 12.3. The predicted molar refractivity (Wildman–Crippen MR) is 116 cm³/mol. The minimum Gasteiger partial charge on any atom is -0.403 e. The van der Waals surface area contributed by atoms with Crippen LogP contribution in [0.2, 0.25) is 0 Å². The van der Waals surface area contributed by atoms with E-state index in [9.17, 15) is 4.79 Å². The van der Waals surface area contributed by atoms with Gasteiger partial charge in [-0.3, -0.25) is 4.79 Å². The van der Waals surface area contributed by atoms with E-state index in [0.29, 0.717) is 43.9 Å². The Morgan fingerprint density at radius 2 is 1.87 bits per heavy atom. The first-order valence-electron chi connectivity index (χ1n) is 10.4. The molecule has 0 atom stereocenters. The SMILES string of the molecule is CCCCNc1nc(Oc2ccc(=O)n(-c3ccccc3)n2)nc(N2CCOCC2)n1. The van der Waals surface area contributed by atoms with Crippen LogP contribution in [-0.2, 0) is 4.74 Å². The molecule has 31 heavy (non-hydrogen) atoms. The molecule has 0 spiro atoms. The smallest absolute Gasteiger partial charge is 0.330 e. The molecule has 0 bridgehead atoms. The normalized spacial score (nSPS) is 13.8. The number of nitrogens with zero attached hydrogens (tertiary/aromatic N) is 6. The van der Waals surface area contributed by atoms with Crippen molar-refractivity contribution >= 4 is 11.9 Å². The molecule has 1 fully saturated rings. The van der Waals surface area contributed by atoms with Gasteiger partial charge in [-0.1, -0.05) is 31.5 Å². The molecule has 0 aliphatic carbocycles. The number of morpholine rings is 1. The molecule has 4 rings (SSSR count). The molecular formula is C21H25N7O3. The van der Waals surface area contributed by atoms with Crippen molar-refractivity contribution in [3.63, 3.8) is 0 Å². The van der Waals surface area contributed by atoms with Crippen LogP contribution in [0.1, 0.15) is 19.8 Å². The van der Waals surface area contributed by atoms with Crippen molar-refractivity contribution in [1.82, 2.24) is 24.7 Å². The number of benzene rings is 1. The van der Waals surface area contributed by atoms with E-state index in [0.717, 1.165) is 19.4 Å². The molecule has 162 valence electrons. The highest BCUT2D eigenvalue weighted by Crippen LogP contribution is 2.20. The summed E-state index contributed by atoms with van der Waals surface area (Å²) in [6.45, 7) is 5.48. The topological polar surface area (TPSA) is 107 Å². The minimum atomic E-state index is -0.259. The second-order valence-electron chi connectivity index (χ2n) is 6.98. The Kier molecular flexibility index (Phi) is 6.68. The standard InChI is InChI=1S/C21H25N7O3/c1-2-3-11-22-19-23-20(27-12-14-30-15-13-27)25-21(24-19)31-17-9-10-18(29)28(26-17)16-7-5-4-6-8-16/h4-10H,2-3,11-15H2,1H3,(H,22,23,24,25). The van der Waals surface area contributed by atoms with E-state index >= 15 is 0 Å². The Balaban J connectivity index is 1.62. The van der Waals surface area contributed by atoms with Crippen molar-refractivity contribution in [2.45, 2.75) is 19.8 Å². The Morgan fingerprint density at radius 1 is 1.06 bits per heavy atom. The van der Waals surface area contributed by atoms with Crippen LogP contribution in [0.25, 0.3) is 5.69 Å². The maximum absolute atomic E-state index is 12.3. The van der Waals surface area contributed by atoms with Gasteiger partial charge in [0.15, 0.2) is 0 Å². The highest BCUT2D eigenvalue weighted by Gasteiger charge is 2.18. The third-order valence-corrected chi connectivity index (χ3v) is 4.68. The van der Waals surface area contributed by atoms with Crippen LogP contribution in [0.3, 0.4) is 0 Å². The second-order valence-corrected chi connectivity index (χ2v) is 6.98. The van der Waals surface area contributed by atoms with Gasteiger partial charge in [-0.05, 0) is 18.6 Å². The molecule has 1 aromatic carbocycles. The van der Waals surface area contributed by atoms with Gasteiger partial charge in [0.25, 0.3) is 5.56 Å². The summed E-state index contributed by atoms with van der Waals surface area (Å²) < 4.78 is 12.5. The molecule has 3 heterocycles. The Bertz CT molecular complexity index is 1050. The van der Waals surface area contributed by atoms with Crippen LogP contribution < -0.4 is 20.5 Å². The highest BCUT2D eigenvalue weighted by molar-refractivity contribution is 5.39. The van der Waals surface area contributed by atoms with E-state index in [1.54, 1.807) is 12.1 Å². The number of rotatable bonds is 8. The molecule has 10 heteroatoms. The largest absolute Gasteiger partial charge is 0.403 e. The van der Waals surface area contributed by atoms with Gasteiger partial charge in [-0.2, -0.15) is 19.6 Å². The summed E-state index contributed by atoms with van der Waals surface area (Å²) >= 11 is 0. The minimum absolute atomic E-state index is 0.112. The summed E-state index contributed by atoms with van der Waals surface area (Å²) in [5, 5.41) is 7.53. The number of nitrogens with one attached hydrogen (secondary N) is 1. The lowest BCUT2D eigenvalue weighted by Crippen LogP contribution is -2.37. The molecule has 1 N–H and O–H groups in total. The van der Waals surface area contributed by atoms with Crippen molar-refractivity contribution < 1.29 is 9.47 Å². The van der Waals surface area contributed by atoms with Crippen LogP contribution in [-0.4, -0.2) is 57.6 Å². The summed E-state index contributed by atoms with van der Waals surface area (Å²) in [6.07, 6.45) is 2.06. The van der Waals surface area contributed by atoms with E-state index in [4.69, 9.17) is 9.47 Å².